The van der Waals surface area contributed by atoms with Gasteiger partial charge in [0.15, 0.2) is 0 Å². The van der Waals surface area contributed by atoms with Gasteiger partial charge < -0.3 is 14.6 Å². The first kappa shape index (κ1) is 22.3. The van der Waals surface area contributed by atoms with Crippen LogP contribution in [-0.4, -0.2) is 52.1 Å². The van der Waals surface area contributed by atoms with E-state index in [1.54, 1.807) is 22.8 Å². The van der Waals surface area contributed by atoms with Crippen LogP contribution >= 0.6 is 23.5 Å². The molecule has 0 bridgehead atoms. The lowest BCUT2D eigenvalue weighted by Gasteiger charge is -2.30. The number of aromatic nitrogens is 3. The minimum atomic E-state index is -0.220. The molecular formula is C22H30ClN5O3S. The van der Waals surface area contributed by atoms with E-state index in [1.807, 2.05) is 0 Å². The fraction of sp³-hybridized carbons (Fsp3) is 0.682. The third-order valence-electron chi connectivity index (χ3n) is 6.64. The molecular weight excluding hydrogens is 450 g/mol. The summed E-state index contributed by atoms with van der Waals surface area (Å²) in [6, 6.07) is 0.0514. The van der Waals surface area contributed by atoms with Gasteiger partial charge in [0.1, 0.15) is 5.02 Å². The Morgan fingerprint density at radius 2 is 2.06 bits per heavy atom. The molecule has 0 amide bonds. The van der Waals surface area contributed by atoms with E-state index in [1.165, 1.54) is 18.4 Å². The Balaban J connectivity index is 1.17. The first-order valence-electron chi connectivity index (χ1n) is 11.6. The van der Waals surface area contributed by atoms with Crippen LogP contribution in [-0.2, 0) is 4.74 Å². The Bertz CT molecular complexity index is 994. The van der Waals surface area contributed by atoms with Crippen LogP contribution in [0.2, 0.25) is 5.02 Å². The van der Waals surface area contributed by atoms with Crippen molar-refractivity contribution in [3.63, 3.8) is 0 Å². The summed E-state index contributed by atoms with van der Waals surface area (Å²) in [7, 11) is 0. The molecule has 10 heteroatoms. The summed E-state index contributed by atoms with van der Waals surface area (Å²) in [6.45, 7) is 6.13. The van der Waals surface area contributed by atoms with Crippen molar-refractivity contribution in [2.24, 2.45) is 5.92 Å². The lowest BCUT2D eigenvalue weighted by molar-refractivity contribution is 0.0595. The van der Waals surface area contributed by atoms with E-state index < -0.39 is 0 Å². The molecule has 0 spiro atoms. The molecule has 8 nitrogen and oxygen atoms in total. The summed E-state index contributed by atoms with van der Waals surface area (Å²) in [5.41, 5.74) is 2.69. The highest BCUT2D eigenvalue weighted by Crippen LogP contribution is 2.43. The van der Waals surface area contributed by atoms with Crippen molar-refractivity contribution in [3.8, 4) is 0 Å². The van der Waals surface area contributed by atoms with Gasteiger partial charge in [-0.1, -0.05) is 16.8 Å². The number of anilines is 1. The molecule has 5 rings (SSSR count). The highest BCUT2D eigenvalue weighted by molar-refractivity contribution is 7.96. The molecule has 2 aliphatic heterocycles. The second kappa shape index (κ2) is 9.75. The molecule has 1 saturated carbocycles. The van der Waals surface area contributed by atoms with Crippen LogP contribution in [0.4, 0.5) is 5.69 Å². The van der Waals surface area contributed by atoms with Gasteiger partial charge in [0, 0.05) is 37.7 Å². The Hall–Kier alpha value is -1.55. The third-order valence-corrected chi connectivity index (χ3v) is 8.18. The van der Waals surface area contributed by atoms with Crippen LogP contribution in [0.3, 0.4) is 0 Å². The van der Waals surface area contributed by atoms with Crippen LogP contribution < -0.4 is 10.9 Å². The van der Waals surface area contributed by atoms with Crippen molar-refractivity contribution >= 4 is 29.2 Å². The van der Waals surface area contributed by atoms with Gasteiger partial charge in [-0.25, -0.2) is 8.99 Å². The number of nitrogens with one attached hydrogen (secondary N) is 1. The third kappa shape index (κ3) is 4.85. The van der Waals surface area contributed by atoms with Crippen molar-refractivity contribution in [3.05, 3.63) is 32.8 Å². The maximum Gasteiger partial charge on any atom is 0.287 e. The summed E-state index contributed by atoms with van der Waals surface area (Å²) in [4.78, 5) is 12.9. The molecule has 2 aromatic rings. The van der Waals surface area contributed by atoms with E-state index in [9.17, 15) is 4.79 Å². The zero-order valence-electron chi connectivity index (χ0n) is 18.4. The fourth-order valence-electron chi connectivity index (χ4n) is 4.50. The molecule has 4 heterocycles. The van der Waals surface area contributed by atoms with E-state index >= 15 is 0 Å². The van der Waals surface area contributed by atoms with Gasteiger partial charge >= 0.3 is 0 Å². The van der Waals surface area contributed by atoms with Gasteiger partial charge in [-0.15, -0.1) is 0 Å². The fourth-order valence-corrected chi connectivity index (χ4v) is 5.64. The number of ether oxygens (including phenoxy) is 1. The van der Waals surface area contributed by atoms with Crippen molar-refractivity contribution < 1.29 is 9.26 Å². The van der Waals surface area contributed by atoms with Crippen molar-refractivity contribution in [2.45, 2.75) is 62.5 Å². The first-order chi connectivity index (χ1) is 15.6. The largest absolute Gasteiger partial charge is 0.382 e. The Labute approximate surface area is 197 Å². The standard InChI is InChI=1S/C22H30ClN5O3S/c1-14-20(16-4-5-16)26-31-22(14)32-27-8-6-17(7-9-27)28-21(29)19(23)18(12-25-28)24-11-15-3-2-10-30-13-15/h12,15-17,24H,2-11,13H2,1H3. The summed E-state index contributed by atoms with van der Waals surface area (Å²) in [6.07, 6.45) is 8.00. The normalized spacial score (nSPS) is 22.9. The lowest BCUT2D eigenvalue weighted by Crippen LogP contribution is -2.36. The average molecular weight is 480 g/mol. The zero-order valence-corrected chi connectivity index (χ0v) is 20.0. The number of rotatable bonds is 7. The Morgan fingerprint density at radius 1 is 1.25 bits per heavy atom. The highest BCUT2D eigenvalue weighted by Gasteiger charge is 2.31. The van der Waals surface area contributed by atoms with E-state index in [-0.39, 0.29) is 16.6 Å². The Kier molecular flexibility index (Phi) is 6.78. The number of nitrogens with zero attached hydrogens (tertiary/aromatic N) is 4. The van der Waals surface area contributed by atoms with E-state index in [0.717, 1.165) is 69.3 Å². The predicted octanol–water partition coefficient (Wildman–Crippen LogP) is 4.25. The van der Waals surface area contributed by atoms with Gasteiger partial charge in [-0.3, -0.25) is 4.79 Å². The highest BCUT2D eigenvalue weighted by atomic mass is 35.5. The van der Waals surface area contributed by atoms with E-state index in [2.05, 4.69) is 26.8 Å². The van der Waals surface area contributed by atoms with E-state index in [4.69, 9.17) is 20.9 Å². The van der Waals surface area contributed by atoms with Gasteiger partial charge in [-0.2, -0.15) is 5.10 Å². The lowest BCUT2D eigenvalue weighted by atomic mass is 10.0. The molecule has 174 valence electrons. The van der Waals surface area contributed by atoms with Gasteiger partial charge in [0.05, 0.1) is 30.2 Å². The summed E-state index contributed by atoms with van der Waals surface area (Å²) >= 11 is 8.06. The van der Waals surface area contributed by atoms with Crippen LogP contribution in [0.1, 0.15) is 61.7 Å². The van der Waals surface area contributed by atoms with Gasteiger partial charge in [-0.05, 0) is 63.3 Å². The molecule has 1 unspecified atom stereocenters. The molecule has 1 aliphatic carbocycles. The Morgan fingerprint density at radius 3 is 2.78 bits per heavy atom. The van der Waals surface area contributed by atoms with Crippen molar-refractivity contribution in [1.82, 2.24) is 19.2 Å². The number of halogens is 1. The second-order valence-corrected chi connectivity index (χ2v) is 10.5. The summed E-state index contributed by atoms with van der Waals surface area (Å²) < 4.78 is 15.0. The summed E-state index contributed by atoms with van der Waals surface area (Å²) in [5, 5.41) is 13.1. The molecule has 2 aromatic heterocycles. The predicted molar refractivity (Wildman–Crippen MR) is 124 cm³/mol. The topological polar surface area (TPSA) is 85.4 Å². The maximum atomic E-state index is 12.9. The SMILES string of the molecule is Cc1c(C2CC2)noc1SN1CCC(n2ncc(NCC3CCCOC3)c(Cl)c2=O)CC1. The van der Waals surface area contributed by atoms with E-state index in [0.29, 0.717) is 17.5 Å². The molecule has 2 saturated heterocycles. The van der Waals surface area contributed by atoms with Crippen LogP contribution in [0.25, 0.3) is 0 Å². The van der Waals surface area contributed by atoms with Crippen LogP contribution in [0, 0.1) is 12.8 Å². The monoisotopic (exact) mass is 479 g/mol. The first-order valence-corrected chi connectivity index (χ1v) is 12.7. The molecule has 0 radical (unpaired) electrons. The molecule has 1 atom stereocenters. The second-order valence-electron chi connectivity index (χ2n) is 9.09. The summed E-state index contributed by atoms with van der Waals surface area (Å²) in [5.74, 6) is 1.03. The van der Waals surface area contributed by atoms with Gasteiger partial charge in [0.25, 0.3) is 5.56 Å². The van der Waals surface area contributed by atoms with Crippen LogP contribution in [0.5, 0.6) is 0 Å². The average Bonchev–Trinajstić information content (AvgIpc) is 3.60. The minimum absolute atomic E-state index is 0.0514. The number of piperidine rings is 1. The number of hydrogen-bond acceptors (Lipinski definition) is 8. The quantitative estimate of drug-likeness (QED) is 0.590. The smallest absolute Gasteiger partial charge is 0.287 e. The maximum absolute atomic E-state index is 12.9. The molecule has 3 fully saturated rings. The molecule has 3 aliphatic rings. The van der Waals surface area contributed by atoms with Crippen molar-refractivity contribution in [1.29, 1.82) is 0 Å². The minimum Gasteiger partial charge on any atom is -0.382 e. The molecule has 1 N–H and O–H groups in total. The number of hydrogen-bond donors (Lipinski definition) is 1. The van der Waals surface area contributed by atoms with Crippen LogP contribution in [0.15, 0.2) is 20.6 Å². The zero-order chi connectivity index (χ0) is 22.1. The molecule has 0 aromatic carbocycles. The van der Waals surface area contributed by atoms with Gasteiger partial charge in [0.2, 0.25) is 5.09 Å². The van der Waals surface area contributed by atoms with Crippen molar-refractivity contribution in [2.75, 3.05) is 38.2 Å². The molecule has 32 heavy (non-hydrogen) atoms.